The van der Waals surface area contributed by atoms with Crippen molar-refractivity contribution in [3.8, 4) is 17.2 Å². The Morgan fingerprint density at radius 2 is 1.72 bits per heavy atom. The molecule has 3 fully saturated rings. The first-order valence-corrected chi connectivity index (χ1v) is 14.3. The largest absolute Gasteiger partial charge is 0.496 e. The van der Waals surface area contributed by atoms with Gasteiger partial charge < -0.3 is 29.0 Å². The number of nitrogens with zero attached hydrogens (tertiary/aromatic N) is 2. The van der Waals surface area contributed by atoms with Crippen LogP contribution >= 0.6 is 11.6 Å². The van der Waals surface area contributed by atoms with Crippen LogP contribution < -0.4 is 19.8 Å². The molecule has 1 N–H and O–H groups in total. The molecule has 2 aromatic rings. The molecule has 7 rings (SSSR count). The minimum absolute atomic E-state index is 0.0981. The third-order valence-corrected chi connectivity index (χ3v) is 10.7. The Labute approximate surface area is 234 Å². The highest BCUT2D eigenvalue weighted by molar-refractivity contribution is 6.34. The van der Waals surface area contributed by atoms with E-state index in [1.54, 1.807) is 17.9 Å². The Bertz CT molecular complexity index is 1410. The van der Waals surface area contributed by atoms with E-state index in [1.165, 1.54) is 7.11 Å². The molecule has 39 heavy (non-hydrogen) atoms. The number of aryl methyl sites for hydroxylation is 1. The van der Waals surface area contributed by atoms with Crippen LogP contribution in [0.3, 0.4) is 0 Å². The minimum Gasteiger partial charge on any atom is -0.496 e. The summed E-state index contributed by atoms with van der Waals surface area (Å²) in [5, 5.41) is 0.471. The van der Waals surface area contributed by atoms with E-state index in [9.17, 15) is 9.59 Å². The van der Waals surface area contributed by atoms with Gasteiger partial charge in [0, 0.05) is 35.7 Å². The molecule has 8 nitrogen and oxygen atoms in total. The molecule has 3 aliphatic carbocycles. The Hall–Kier alpha value is -2.71. The highest BCUT2D eigenvalue weighted by atomic mass is 35.5. The Kier molecular flexibility index (Phi) is 6.05. The molecule has 2 bridgehead atoms. The van der Waals surface area contributed by atoms with Gasteiger partial charge in [-0.3, -0.25) is 9.59 Å². The number of nitrogens with one attached hydrogen (secondary N) is 1. The second-order valence-electron chi connectivity index (χ2n) is 12.3. The lowest BCUT2D eigenvalue weighted by Crippen LogP contribution is -2.62. The summed E-state index contributed by atoms with van der Waals surface area (Å²) in [5.41, 5.74) is 3.15. The Balaban J connectivity index is 1.32. The molecule has 5 aliphatic rings. The van der Waals surface area contributed by atoms with Crippen molar-refractivity contribution in [2.45, 2.75) is 83.6 Å². The first kappa shape index (κ1) is 26.5. The van der Waals surface area contributed by atoms with E-state index >= 15 is 0 Å². The number of carbonyl (C=O) groups is 1. The normalized spacial score (nSPS) is 29.2. The zero-order valence-corrected chi connectivity index (χ0v) is 24.5. The SMILES string of the molecule is COc1cc(C)[nH]c(=O)c1CN1CCc2c(Cl)c3c(c(C)c2C1=O)OC(C)(C12CCC(N(C)C)(CC1)CC2)O3. The quantitative estimate of drug-likeness (QED) is 0.559. The predicted molar refractivity (Wildman–Crippen MR) is 149 cm³/mol. The van der Waals surface area contributed by atoms with Gasteiger partial charge in [-0.25, -0.2) is 0 Å². The van der Waals surface area contributed by atoms with Gasteiger partial charge >= 0.3 is 0 Å². The number of H-pyrrole nitrogens is 1. The zero-order valence-electron chi connectivity index (χ0n) is 23.8. The van der Waals surface area contributed by atoms with Crippen molar-refractivity contribution in [1.29, 1.82) is 0 Å². The average molecular weight is 556 g/mol. The van der Waals surface area contributed by atoms with Crippen LogP contribution in [0.25, 0.3) is 0 Å². The molecule has 1 amide bonds. The van der Waals surface area contributed by atoms with E-state index < -0.39 is 5.79 Å². The maximum absolute atomic E-state index is 13.9. The molecule has 2 aliphatic heterocycles. The monoisotopic (exact) mass is 555 g/mol. The number of benzene rings is 1. The van der Waals surface area contributed by atoms with Gasteiger partial charge in [0.1, 0.15) is 5.75 Å². The average Bonchev–Trinajstić information content (AvgIpc) is 3.30. The van der Waals surface area contributed by atoms with Gasteiger partial charge in [-0.2, -0.15) is 0 Å². The lowest BCUT2D eigenvalue weighted by molar-refractivity contribution is -0.211. The summed E-state index contributed by atoms with van der Waals surface area (Å²) in [5.74, 6) is 0.618. The van der Waals surface area contributed by atoms with E-state index in [4.69, 9.17) is 25.8 Å². The van der Waals surface area contributed by atoms with Crippen molar-refractivity contribution >= 4 is 17.5 Å². The summed E-state index contributed by atoms with van der Waals surface area (Å²) in [7, 11) is 5.92. The van der Waals surface area contributed by atoms with Gasteiger partial charge in [0.05, 0.1) is 29.8 Å². The molecule has 1 atom stereocenters. The van der Waals surface area contributed by atoms with Crippen molar-refractivity contribution in [1.82, 2.24) is 14.8 Å². The summed E-state index contributed by atoms with van der Waals surface area (Å²) in [6.45, 7) is 6.36. The molecule has 1 unspecified atom stereocenters. The van der Waals surface area contributed by atoms with E-state index in [0.29, 0.717) is 52.1 Å². The first-order valence-electron chi connectivity index (χ1n) is 13.9. The fraction of sp³-hybridized carbons (Fsp3) is 0.600. The van der Waals surface area contributed by atoms with Crippen LogP contribution in [0.4, 0.5) is 0 Å². The fourth-order valence-electron chi connectivity index (χ4n) is 7.61. The molecule has 3 saturated carbocycles. The van der Waals surface area contributed by atoms with E-state index in [1.807, 2.05) is 6.92 Å². The van der Waals surface area contributed by atoms with E-state index in [2.05, 4.69) is 30.9 Å². The Morgan fingerprint density at radius 3 is 2.33 bits per heavy atom. The van der Waals surface area contributed by atoms with Gasteiger partial charge in [-0.1, -0.05) is 11.6 Å². The van der Waals surface area contributed by atoms with Crippen LogP contribution in [0.1, 0.15) is 78.2 Å². The van der Waals surface area contributed by atoms with Gasteiger partial charge in [-0.05, 0) is 84.5 Å². The van der Waals surface area contributed by atoms with Crippen molar-refractivity contribution < 1.29 is 19.0 Å². The van der Waals surface area contributed by atoms with Crippen molar-refractivity contribution in [3.63, 3.8) is 0 Å². The number of ether oxygens (including phenoxy) is 3. The standard InChI is InChI=1S/C30H38ClN3O5/c1-17-15-21(37-6)20(26(35)32-17)16-34-14-7-19-22(27(34)36)18(2)24-25(23(19)31)39-28(3,38-24)29-8-11-30(12-9-29,13-10-29)33(4)5/h15H,7-14,16H2,1-6H3,(H,32,35). The number of fused-ring (bicyclic) bond motifs is 5. The summed E-state index contributed by atoms with van der Waals surface area (Å²) in [6.07, 6.45) is 7.03. The molecule has 1 aromatic heterocycles. The van der Waals surface area contributed by atoms with Crippen LogP contribution in [0.2, 0.25) is 5.02 Å². The van der Waals surface area contributed by atoms with Crippen LogP contribution in [-0.2, 0) is 13.0 Å². The first-order chi connectivity index (χ1) is 18.4. The van der Waals surface area contributed by atoms with E-state index in [0.717, 1.165) is 49.7 Å². The van der Waals surface area contributed by atoms with Crippen LogP contribution in [0.5, 0.6) is 17.2 Å². The number of pyridine rings is 1. The van der Waals surface area contributed by atoms with Crippen LogP contribution in [0, 0.1) is 19.3 Å². The number of halogens is 1. The Morgan fingerprint density at radius 1 is 1.08 bits per heavy atom. The number of carbonyl (C=O) groups excluding carboxylic acids is 1. The topological polar surface area (TPSA) is 84.1 Å². The third kappa shape index (κ3) is 3.74. The zero-order chi connectivity index (χ0) is 27.9. The molecule has 9 heteroatoms. The highest BCUT2D eigenvalue weighted by Gasteiger charge is 2.62. The lowest BCUT2D eigenvalue weighted by atomic mass is 9.54. The predicted octanol–water partition coefficient (Wildman–Crippen LogP) is 4.99. The molecule has 0 saturated heterocycles. The maximum atomic E-state index is 13.9. The fourth-order valence-corrected chi connectivity index (χ4v) is 7.92. The molecule has 0 spiro atoms. The van der Waals surface area contributed by atoms with Gasteiger partial charge in [0.2, 0.25) is 0 Å². The van der Waals surface area contributed by atoms with Gasteiger partial charge in [0.25, 0.3) is 17.3 Å². The van der Waals surface area contributed by atoms with E-state index in [-0.39, 0.29) is 29.0 Å². The third-order valence-electron chi connectivity index (χ3n) is 10.3. The molecule has 210 valence electrons. The summed E-state index contributed by atoms with van der Waals surface area (Å²) in [6, 6.07) is 1.78. The number of methoxy groups -OCH3 is 1. The second-order valence-corrected chi connectivity index (χ2v) is 12.7. The van der Waals surface area contributed by atoms with Gasteiger partial charge in [-0.15, -0.1) is 0 Å². The van der Waals surface area contributed by atoms with Crippen LogP contribution in [-0.4, -0.2) is 59.8 Å². The summed E-state index contributed by atoms with van der Waals surface area (Å²) in [4.78, 5) is 33.5. The minimum atomic E-state index is -0.835. The highest BCUT2D eigenvalue weighted by Crippen LogP contribution is 2.63. The van der Waals surface area contributed by atoms with Crippen LogP contribution in [0.15, 0.2) is 10.9 Å². The molecule has 1 aromatic carbocycles. The number of amides is 1. The molecule has 3 heterocycles. The number of aromatic amines is 1. The molecule has 0 radical (unpaired) electrons. The van der Waals surface area contributed by atoms with Crippen molar-refractivity contribution in [2.75, 3.05) is 27.7 Å². The maximum Gasteiger partial charge on any atom is 0.256 e. The van der Waals surface area contributed by atoms with Crippen molar-refractivity contribution in [3.05, 3.63) is 49.4 Å². The molecular formula is C30H38ClN3O5. The summed E-state index contributed by atoms with van der Waals surface area (Å²) >= 11 is 6.98. The smallest absolute Gasteiger partial charge is 0.256 e. The second kappa shape index (κ2) is 8.90. The number of hydrogen-bond donors (Lipinski definition) is 1. The summed E-state index contributed by atoms with van der Waals surface area (Å²) < 4.78 is 18.9. The van der Waals surface area contributed by atoms with Crippen molar-refractivity contribution in [2.24, 2.45) is 5.41 Å². The van der Waals surface area contributed by atoms with Gasteiger partial charge in [0.15, 0.2) is 11.5 Å². The number of aromatic nitrogens is 1. The lowest BCUT2D eigenvalue weighted by Gasteiger charge is -2.59. The number of hydrogen-bond acceptors (Lipinski definition) is 6. The molecular weight excluding hydrogens is 518 g/mol. The number of rotatable bonds is 5.